The fourth-order valence-corrected chi connectivity index (χ4v) is 6.01. The van der Waals surface area contributed by atoms with Crippen molar-refractivity contribution in [2.24, 2.45) is 11.1 Å². The summed E-state index contributed by atoms with van der Waals surface area (Å²) in [6.07, 6.45) is 3.17. The second kappa shape index (κ2) is 11.6. The predicted octanol–water partition coefficient (Wildman–Crippen LogP) is 4.50. The number of nitrogens with two attached hydrogens (primary N) is 1. The van der Waals surface area contributed by atoms with Gasteiger partial charge in [-0.05, 0) is 83.2 Å². The third-order valence-electron chi connectivity index (χ3n) is 8.09. The van der Waals surface area contributed by atoms with E-state index in [0.717, 1.165) is 29.1 Å². The highest BCUT2D eigenvalue weighted by molar-refractivity contribution is 6.01. The summed E-state index contributed by atoms with van der Waals surface area (Å²) in [5.41, 5.74) is 9.43. The van der Waals surface area contributed by atoms with Gasteiger partial charge in [-0.2, -0.15) is 0 Å². The molecule has 0 radical (unpaired) electrons. The first-order valence-corrected chi connectivity index (χ1v) is 14.0. The molecule has 1 fully saturated rings. The van der Waals surface area contributed by atoms with Crippen LogP contribution in [-0.2, 0) is 11.2 Å². The lowest BCUT2D eigenvalue weighted by atomic mass is 9.75. The fourth-order valence-electron chi connectivity index (χ4n) is 6.01. The molecule has 0 atom stereocenters. The van der Waals surface area contributed by atoms with E-state index in [1.54, 1.807) is 6.07 Å². The van der Waals surface area contributed by atoms with Gasteiger partial charge in [-0.25, -0.2) is 9.18 Å². The van der Waals surface area contributed by atoms with Crippen molar-refractivity contribution < 1.29 is 23.5 Å². The van der Waals surface area contributed by atoms with Gasteiger partial charge in [-0.3, -0.25) is 9.59 Å². The zero-order valence-electron chi connectivity index (χ0n) is 24.4. The number of likely N-dealkylation sites (N-methyl/N-ethyl adjacent to an activating group) is 1. The monoisotopic (exact) mass is 555 g/mol. The van der Waals surface area contributed by atoms with Gasteiger partial charge in [0.05, 0.1) is 16.9 Å². The number of amides is 2. The summed E-state index contributed by atoms with van der Waals surface area (Å²) in [4.78, 5) is 39.4. The van der Waals surface area contributed by atoms with E-state index in [1.165, 1.54) is 6.07 Å². The van der Waals surface area contributed by atoms with E-state index in [0.29, 0.717) is 56.4 Å². The van der Waals surface area contributed by atoms with E-state index < -0.39 is 17.8 Å². The first-order chi connectivity index (χ1) is 18.8. The number of carbonyl (C=O) groups excluding carboxylic acids is 3. The zero-order valence-corrected chi connectivity index (χ0v) is 24.4. The molecule has 2 amide bonds. The molecule has 10 heteroatoms. The molecule has 40 heavy (non-hydrogen) atoms. The lowest BCUT2D eigenvalue weighted by Crippen LogP contribution is -2.37. The van der Waals surface area contributed by atoms with E-state index in [-0.39, 0.29) is 28.9 Å². The Morgan fingerprint density at radius 3 is 2.45 bits per heavy atom. The van der Waals surface area contributed by atoms with Gasteiger partial charge >= 0.3 is 6.09 Å². The Morgan fingerprint density at radius 1 is 1.15 bits per heavy atom. The molecule has 4 rings (SSSR count). The molecular weight excluding hydrogens is 513 g/mol. The van der Waals surface area contributed by atoms with Gasteiger partial charge in [0.25, 0.3) is 5.91 Å². The average Bonchev–Trinajstić information content (AvgIpc) is 3.08. The minimum absolute atomic E-state index is 0.0497. The second-order valence-electron chi connectivity index (χ2n) is 12.3. The van der Waals surface area contributed by atoms with Crippen molar-refractivity contribution in [2.75, 3.05) is 32.5 Å². The molecule has 0 saturated heterocycles. The summed E-state index contributed by atoms with van der Waals surface area (Å²) in [5, 5.41) is 6.11. The van der Waals surface area contributed by atoms with Crippen LogP contribution < -0.4 is 16.4 Å². The fraction of sp³-hybridized carbons (Fsp3) is 0.567. The number of hydrogen-bond donors (Lipinski definition) is 3. The highest BCUT2D eigenvalue weighted by Gasteiger charge is 2.36. The quantitative estimate of drug-likeness (QED) is 0.442. The molecule has 2 aliphatic carbocycles. The normalized spacial score (nSPS) is 20.2. The van der Waals surface area contributed by atoms with Crippen LogP contribution in [0.5, 0.6) is 0 Å². The van der Waals surface area contributed by atoms with Crippen LogP contribution in [-0.4, -0.2) is 66.6 Å². The Bertz CT molecular complexity index is 1310. The summed E-state index contributed by atoms with van der Waals surface area (Å²) in [5.74, 6) is -1.46. The van der Waals surface area contributed by atoms with E-state index >= 15 is 4.39 Å². The van der Waals surface area contributed by atoms with Gasteiger partial charge in [-0.15, -0.1) is 0 Å². The maximum absolute atomic E-state index is 15.5. The van der Waals surface area contributed by atoms with Gasteiger partial charge in [0.15, 0.2) is 5.78 Å². The van der Waals surface area contributed by atoms with Crippen molar-refractivity contribution in [3.63, 3.8) is 0 Å². The Kier molecular flexibility index (Phi) is 8.58. The van der Waals surface area contributed by atoms with Crippen molar-refractivity contribution >= 4 is 23.5 Å². The summed E-state index contributed by atoms with van der Waals surface area (Å²) in [6, 6.07) is 3.03. The van der Waals surface area contributed by atoms with Crippen LogP contribution in [0.2, 0.25) is 0 Å². The Morgan fingerprint density at radius 2 is 1.82 bits per heavy atom. The highest BCUT2D eigenvalue weighted by atomic mass is 19.1. The topological polar surface area (TPSA) is 119 Å². The van der Waals surface area contributed by atoms with Crippen molar-refractivity contribution in [1.29, 1.82) is 0 Å². The van der Waals surface area contributed by atoms with E-state index in [2.05, 4.69) is 24.5 Å². The Balaban J connectivity index is 1.55. The van der Waals surface area contributed by atoms with Crippen molar-refractivity contribution in [3.05, 3.63) is 46.0 Å². The number of rotatable bonds is 8. The van der Waals surface area contributed by atoms with Crippen LogP contribution in [0.15, 0.2) is 12.1 Å². The number of hydrogen-bond acceptors (Lipinski definition) is 6. The largest absolute Gasteiger partial charge is 0.446 e. The summed E-state index contributed by atoms with van der Waals surface area (Å²) >= 11 is 0. The SMILES string of the molecule is Cc1c2c(n(-c3cc(F)c(C(N)=O)c(NC4CCC(OC(=O)NCCN(C)C)CC4)c3)c1C)CC(C)(C)CC2=O. The van der Waals surface area contributed by atoms with Gasteiger partial charge in [0.2, 0.25) is 0 Å². The summed E-state index contributed by atoms with van der Waals surface area (Å²) in [6.45, 7) is 9.22. The molecule has 0 spiro atoms. The molecule has 218 valence electrons. The third kappa shape index (κ3) is 6.32. The zero-order chi connectivity index (χ0) is 29.4. The number of halogens is 1. The molecule has 1 aromatic heterocycles. The number of ether oxygens (including phenoxy) is 1. The minimum atomic E-state index is -0.850. The smallest absolute Gasteiger partial charge is 0.407 e. The highest BCUT2D eigenvalue weighted by Crippen LogP contribution is 2.40. The predicted molar refractivity (Wildman–Crippen MR) is 153 cm³/mol. The molecule has 0 bridgehead atoms. The van der Waals surface area contributed by atoms with Crippen LogP contribution in [0.1, 0.15) is 83.6 Å². The van der Waals surface area contributed by atoms with E-state index in [9.17, 15) is 14.4 Å². The number of nitrogens with zero attached hydrogens (tertiary/aromatic N) is 2. The average molecular weight is 556 g/mol. The Labute approximate surface area is 235 Å². The van der Waals surface area contributed by atoms with Crippen LogP contribution >= 0.6 is 0 Å². The van der Waals surface area contributed by atoms with Gasteiger partial charge in [0, 0.05) is 42.5 Å². The van der Waals surface area contributed by atoms with Crippen LogP contribution in [0.25, 0.3) is 5.69 Å². The second-order valence-corrected chi connectivity index (χ2v) is 12.3. The van der Waals surface area contributed by atoms with Crippen LogP contribution in [0.3, 0.4) is 0 Å². The van der Waals surface area contributed by atoms with E-state index in [4.69, 9.17) is 10.5 Å². The maximum atomic E-state index is 15.5. The van der Waals surface area contributed by atoms with Crippen molar-refractivity contribution in [3.8, 4) is 5.69 Å². The first-order valence-electron chi connectivity index (χ1n) is 14.0. The number of primary amides is 1. The molecule has 4 N–H and O–H groups in total. The number of anilines is 1. The van der Waals surface area contributed by atoms with Gasteiger partial charge < -0.3 is 30.6 Å². The number of ketones is 1. The number of carbonyl (C=O) groups is 3. The standard InChI is InChI=1S/C30H42FN5O4/c1-17-18(2)36(24-15-30(3,4)16-25(37)26(17)24)20-13-22(31)27(28(32)38)23(14-20)34-19-7-9-21(10-8-19)40-29(39)33-11-12-35(5)6/h13-14,19,21,34H,7-12,15-16H2,1-6H3,(H2,32,38)(H,33,39). The molecule has 1 heterocycles. The van der Waals surface area contributed by atoms with Crippen LogP contribution in [0.4, 0.5) is 14.9 Å². The van der Waals surface area contributed by atoms with Gasteiger partial charge in [-0.1, -0.05) is 13.8 Å². The molecule has 1 aromatic carbocycles. The lowest BCUT2D eigenvalue weighted by Gasteiger charge is -2.31. The molecular formula is C30H42FN5O4. The summed E-state index contributed by atoms with van der Waals surface area (Å²) in [7, 11) is 3.87. The van der Waals surface area contributed by atoms with Gasteiger partial charge in [0.1, 0.15) is 11.9 Å². The number of alkyl carbamates (subject to hydrolysis) is 1. The molecule has 2 aliphatic rings. The molecule has 9 nitrogen and oxygen atoms in total. The lowest BCUT2D eigenvalue weighted by molar-refractivity contribution is 0.0728. The third-order valence-corrected chi connectivity index (χ3v) is 8.09. The molecule has 1 saturated carbocycles. The molecule has 2 aromatic rings. The van der Waals surface area contributed by atoms with Crippen molar-refractivity contribution in [1.82, 2.24) is 14.8 Å². The number of aromatic nitrogens is 1. The van der Waals surface area contributed by atoms with Crippen LogP contribution in [0, 0.1) is 25.1 Å². The number of fused-ring (bicyclic) bond motifs is 1. The number of Topliss-reactive ketones (excluding diaryl/α,β-unsaturated/α-hetero) is 1. The number of benzene rings is 1. The van der Waals surface area contributed by atoms with Crippen molar-refractivity contribution in [2.45, 2.75) is 78.4 Å². The number of nitrogens with one attached hydrogen (secondary N) is 2. The Hall–Kier alpha value is -3.40. The first kappa shape index (κ1) is 29.6. The minimum Gasteiger partial charge on any atom is -0.446 e. The summed E-state index contributed by atoms with van der Waals surface area (Å²) < 4.78 is 23.0. The maximum Gasteiger partial charge on any atom is 0.407 e. The molecule has 0 unspecified atom stereocenters. The van der Waals surface area contributed by atoms with E-state index in [1.807, 2.05) is 37.4 Å². The molecule has 0 aliphatic heterocycles.